The minimum absolute atomic E-state index is 0.0785. The second kappa shape index (κ2) is 10.3. The Hall–Kier alpha value is -3.40. The lowest BCUT2D eigenvalue weighted by Crippen LogP contribution is -2.34. The van der Waals surface area contributed by atoms with Crippen molar-refractivity contribution in [1.82, 2.24) is 15.0 Å². The molecule has 0 unspecified atom stereocenters. The molecule has 2 N–H and O–H groups in total. The van der Waals surface area contributed by atoms with E-state index in [0.717, 1.165) is 19.8 Å². The maximum atomic E-state index is 13.8. The molecule has 1 heterocycles. The molecule has 1 aliphatic carbocycles. The number of amides is 1. The van der Waals surface area contributed by atoms with Gasteiger partial charge in [0.15, 0.2) is 0 Å². The smallest absolute Gasteiger partial charge is 0.392 e. The molecular formula is C25H24ClF3N4O3. The second-order valence-corrected chi connectivity index (χ2v) is 9.40. The van der Waals surface area contributed by atoms with Crippen LogP contribution >= 0.6 is 11.6 Å². The van der Waals surface area contributed by atoms with Gasteiger partial charge >= 0.3 is 12.1 Å². The number of carboxylic acids is 1. The van der Waals surface area contributed by atoms with E-state index in [4.69, 9.17) is 11.6 Å². The van der Waals surface area contributed by atoms with Crippen LogP contribution in [0.2, 0.25) is 5.02 Å². The van der Waals surface area contributed by atoms with Gasteiger partial charge in [0, 0.05) is 0 Å². The molecule has 1 saturated carbocycles. The first-order valence-electron chi connectivity index (χ1n) is 11.4. The first kappa shape index (κ1) is 25.7. The van der Waals surface area contributed by atoms with Crippen molar-refractivity contribution in [2.75, 3.05) is 5.32 Å². The average Bonchev–Trinajstić information content (AvgIpc) is 3.51. The van der Waals surface area contributed by atoms with Crippen molar-refractivity contribution in [3.05, 3.63) is 71.0 Å². The van der Waals surface area contributed by atoms with Crippen molar-refractivity contribution in [2.24, 2.45) is 11.8 Å². The highest BCUT2D eigenvalue weighted by molar-refractivity contribution is 6.33. The van der Waals surface area contributed by atoms with E-state index in [2.05, 4.69) is 15.5 Å². The third-order valence-corrected chi connectivity index (χ3v) is 6.79. The number of rotatable bonds is 9. The lowest BCUT2D eigenvalue weighted by Gasteiger charge is -2.26. The SMILES string of the molecule is C[C@H]([C@@H](C(=O)Nc1cc([C@@H](CC(=O)O)C2CC2)ccc1Cl)c1ccc(-n2nccn2)cc1)C(F)(F)F. The maximum absolute atomic E-state index is 13.8. The number of carbonyl (C=O) groups is 2. The van der Waals surface area contributed by atoms with Gasteiger partial charge in [-0.3, -0.25) is 9.59 Å². The van der Waals surface area contributed by atoms with Gasteiger partial charge in [-0.25, -0.2) is 0 Å². The summed E-state index contributed by atoms with van der Waals surface area (Å²) < 4.78 is 41.3. The summed E-state index contributed by atoms with van der Waals surface area (Å²) in [5.41, 5.74) is 1.52. The fourth-order valence-electron chi connectivity index (χ4n) is 4.34. The van der Waals surface area contributed by atoms with Gasteiger partial charge < -0.3 is 10.4 Å². The van der Waals surface area contributed by atoms with Gasteiger partial charge in [-0.2, -0.15) is 28.2 Å². The molecule has 0 spiro atoms. The largest absolute Gasteiger partial charge is 0.481 e. The summed E-state index contributed by atoms with van der Waals surface area (Å²) in [7, 11) is 0. The van der Waals surface area contributed by atoms with E-state index < -0.39 is 29.9 Å². The van der Waals surface area contributed by atoms with Crippen LogP contribution in [0.5, 0.6) is 0 Å². The van der Waals surface area contributed by atoms with Crippen LogP contribution in [0, 0.1) is 11.8 Å². The van der Waals surface area contributed by atoms with Crippen LogP contribution in [-0.4, -0.2) is 38.2 Å². The molecule has 1 aromatic heterocycles. The Labute approximate surface area is 210 Å². The first-order valence-corrected chi connectivity index (χ1v) is 11.8. The molecule has 3 aromatic rings. The summed E-state index contributed by atoms with van der Waals surface area (Å²) in [6.45, 7) is 0.960. The summed E-state index contributed by atoms with van der Waals surface area (Å²) in [5.74, 6) is -5.40. The molecule has 2 aromatic carbocycles. The number of carbonyl (C=O) groups excluding carboxylic acids is 1. The summed E-state index contributed by atoms with van der Waals surface area (Å²) in [5, 5.41) is 20.0. The van der Waals surface area contributed by atoms with E-state index in [1.807, 2.05) is 0 Å². The Kier molecular flexibility index (Phi) is 7.35. The summed E-state index contributed by atoms with van der Waals surface area (Å²) in [4.78, 5) is 25.9. The fourth-order valence-corrected chi connectivity index (χ4v) is 4.51. The molecule has 11 heteroatoms. The van der Waals surface area contributed by atoms with Crippen LogP contribution in [0.4, 0.5) is 18.9 Å². The number of carboxylic acid groups (broad SMARTS) is 1. The molecule has 0 radical (unpaired) electrons. The Balaban J connectivity index is 1.63. The van der Waals surface area contributed by atoms with Crippen LogP contribution in [0.25, 0.3) is 5.69 Å². The predicted molar refractivity (Wildman–Crippen MR) is 127 cm³/mol. The average molecular weight is 521 g/mol. The zero-order valence-corrected chi connectivity index (χ0v) is 20.0. The number of hydrogen-bond donors (Lipinski definition) is 2. The van der Waals surface area contributed by atoms with Crippen LogP contribution in [0.15, 0.2) is 54.9 Å². The van der Waals surface area contributed by atoms with E-state index in [1.54, 1.807) is 24.3 Å². The number of nitrogens with zero attached hydrogens (tertiary/aromatic N) is 3. The van der Waals surface area contributed by atoms with Crippen molar-refractivity contribution in [3.8, 4) is 5.69 Å². The number of hydrogen-bond acceptors (Lipinski definition) is 4. The number of nitrogens with one attached hydrogen (secondary N) is 1. The monoisotopic (exact) mass is 520 g/mol. The molecule has 1 amide bonds. The third-order valence-electron chi connectivity index (χ3n) is 6.46. The number of alkyl halides is 3. The molecule has 0 saturated heterocycles. The topological polar surface area (TPSA) is 97.1 Å². The predicted octanol–water partition coefficient (Wildman–Crippen LogP) is 5.81. The van der Waals surface area contributed by atoms with Crippen LogP contribution < -0.4 is 5.32 Å². The Morgan fingerprint density at radius 1 is 1.11 bits per heavy atom. The summed E-state index contributed by atoms with van der Waals surface area (Å²) in [6.07, 6.45) is 0.0320. The third kappa shape index (κ3) is 5.87. The lowest BCUT2D eigenvalue weighted by atomic mass is 9.85. The number of halogens is 4. The van der Waals surface area contributed by atoms with Crippen molar-refractivity contribution < 1.29 is 27.9 Å². The number of aromatic nitrogens is 3. The van der Waals surface area contributed by atoms with Gasteiger partial charge in [-0.1, -0.05) is 36.7 Å². The molecule has 3 atom stereocenters. The normalized spacial score (nSPS) is 16.2. The minimum Gasteiger partial charge on any atom is -0.481 e. The lowest BCUT2D eigenvalue weighted by molar-refractivity contribution is -0.178. The highest BCUT2D eigenvalue weighted by Gasteiger charge is 2.45. The molecule has 190 valence electrons. The molecule has 36 heavy (non-hydrogen) atoms. The highest BCUT2D eigenvalue weighted by Crippen LogP contribution is 2.46. The van der Waals surface area contributed by atoms with Crippen molar-refractivity contribution in [3.63, 3.8) is 0 Å². The van der Waals surface area contributed by atoms with Crippen LogP contribution in [0.1, 0.15) is 49.1 Å². The number of anilines is 1. The standard InChI is InChI=1S/C25H24ClF3N4O3/c1-14(25(27,28)29)23(16-4-7-18(8-5-16)33-30-10-11-31-33)24(36)32-21-12-17(6-9-20(21)26)19(13-22(34)35)15-2-3-15/h4-12,14-15,19,23H,2-3,13H2,1H3,(H,32,36)(H,34,35)/t14-,19+,23-/m1/s1. The van der Waals surface area contributed by atoms with E-state index in [0.29, 0.717) is 11.3 Å². The maximum Gasteiger partial charge on any atom is 0.392 e. The molecule has 0 aliphatic heterocycles. The van der Waals surface area contributed by atoms with Gasteiger partial charge in [-0.15, -0.1) is 0 Å². The van der Waals surface area contributed by atoms with Gasteiger partial charge in [0.05, 0.1) is 47.0 Å². The van der Waals surface area contributed by atoms with Crippen LogP contribution in [-0.2, 0) is 9.59 Å². The zero-order chi connectivity index (χ0) is 26.0. The minimum atomic E-state index is -4.63. The van der Waals surface area contributed by atoms with Crippen LogP contribution in [0.3, 0.4) is 0 Å². The van der Waals surface area contributed by atoms with Gasteiger partial charge in [0.25, 0.3) is 0 Å². The van der Waals surface area contributed by atoms with E-state index in [9.17, 15) is 27.9 Å². The van der Waals surface area contributed by atoms with E-state index in [1.165, 1.54) is 35.4 Å². The molecule has 0 bridgehead atoms. The summed E-state index contributed by atoms with van der Waals surface area (Å²) >= 11 is 6.27. The Bertz CT molecular complexity index is 1230. The van der Waals surface area contributed by atoms with Crippen molar-refractivity contribution >= 4 is 29.2 Å². The van der Waals surface area contributed by atoms with Gasteiger partial charge in [0.2, 0.25) is 5.91 Å². The van der Waals surface area contributed by atoms with Gasteiger partial charge in [0.1, 0.15) is 0 Å². The molecule has 1 aliphatic rings. The molecule has 1 fully saturated rings. The Morgan fingerprint density at radius 3 is 2.28 bits per heavy atom. The quantitative estimate of drug-likeness (QED) is 0.371. The zero-order valence-electron chi connectivity index (χ0n) is 19.2. The summed E-state index contributed by atoms with van der Waals surface area (Å²) in [6, 6.07) is 10.8. The van der Waals surface area contributed by atoms with E-state index >= 15 is 0 Å². The number of aliphatic carboxylic acids is 1. The first-order chi connectivity index (χ1) is 17.0. The highest BCUT2D eigenvalue weighted by atomic mass is 35.5. The molecule has 4 rings (SSSR count). The molecular weight excluding hydrogens is 497 g/mol. The van der Waals surface area contributed by atoms with Crippen molar-refractivity contribution in [2.45, 2.75) is 44.2 Å². The molecule has 7 nitrogen and oxygen atoms in total. The number of benzene rings is 2. The van der Waals surface area contributed by atoms with Gasteiger partial charge in [-0.05, 0) is 60.1 Å². The van der Waals surface area contributed by atoms with Crippen molar-refractivity contribution in [1.29, 1.82) is 0 Å². The Morgan fingerprint density at radius 2 is 1.72 bits per heavy atom. The second-order valence-electron chi connectivity index (χ2n) is 8.99. The fraction of sp³-hybridized carbons (Fsp3) is 0.360. The van der Waals surface area contributed by atoms with E-state index in [-0.39, 0.29) is 34.5 Å².